The van der Waals surface area contributed by atoms with Crippen LogP contribution in [0.25, 0.3) is 0 Å². The normalized spacial score (nSPS) is 12.5. The minimum Gasteiger partial charge on any atom is -0.547 e. The van der Waals surface area contributed by atoms with Gasteiger partial charge in [-0.2, -0.15) is 0 Å². The van der Waals surface area contributed by atoms with Crippen LogP contribution < -0.4 is 20.4 Å². The first-order valence-electron chi connectivity index (χ1n) is 6.72. The molecule has 0 radical (unpaired) electrons. The van der Waals surface area contributed by atoms with Crippen molar-refractivity contribution in [3.05, 3.63) is 0 Å². The van der Waals surface area contributed by atoms with E-state index in [1.165, 1.54) is 0 Å². The zero-order valence-corrected chi connectivity index (χ0v) is 19.8. The van der Waals surface area contributed by atoms with E-state index in [2.05, 4.69) is 0 Å². The molecule has 0 bridgehead atoms. The van der Waals surface area contributed by atoms with E-state index in [1.807, 2.05) is 0 Å². The van der Waals surface area contributed by atoms with E-state index < -0.39 is 74.7 Å². The van der Waals surface area contributed by atoms with Crippen molar-refractivity contribution in [1.82, 2.24) is 0 Å². The molecule has 4 unspecified atom stereocenters. The predicted molar refractivity (Wildman–Crippen MR) is 83.9 cm³/mol. The van der Waals surface area contributed by atoms with Crippen LogP contribution >= 0.6 is 0 Å². The van der Waals surface area contributed by atoms with Crippen LogP contribution in [-0.4, -0.2) is 191 Å². The van der Waals surface area contributed by atoms with Crippen LogP contribution in [0.1, 0.15) is 0 Å². The van der Waals surface area contributed by atoms with Crippen molar-refractivity contribution in [2.24, 2.45) is 0 Å². The van der Waals surface area contributed by atoms with E-state index in [0.717, 1.165) is 0 Å². The van der Waals surface area contributed by atoms with E-state index >= 15 is 0 Å². The molecule has 0 rings (SSSR count). The largest absolute Gasteiger partial charge is 2.00 e. The third kappa shape index (κ3) is 35.5. The average molecular weight is 500 g/mol. The number of hydrogen-bond acceptors (Lipinski definition) is 16. The summed E-state index contributed by atoms with van der Waals surface area (Å²) < 4.78 is 0. The molecule has 0 saturated carbocycles. The third-order valence-corrected chi connectivity index (χ3v) is 1.78. The smallest absolute Gasteiger partial charge is 0.547 e. The Morgan fingerprint density at radius 1 is 0.467 bits per heavy atom. The van der Waals surface area contributed by atoms with Crippen molar-refractivity contribution in [3.8, 4) is 0 Å². The summed E-state index contributed by atoms with van der Waals surface area (Å²) in [5.41, 5.74) is 0. The van der Waals surface area contributed by atoms with Crippen LogP contribution in [-0.2, 0) is 19.2 Å². The number of carbonyl (C=O) groups is 4. The monoisotopic (exact) mass is 500 g/mol. The molecule has 0 fully saturated rings. The first-order chi connectivity index (χ1) is 12.7. The summed E-state index contributed by atoms with van der Waals surface area (Å²) in [4.78, 5) is 37.6. The molecule has 0 saturated heterocycles. The van der Waals surface area contributed by atoms with E-state index in [9.17, 15) is 39.6 Å². The number of hydrogen-bond donors (Lipinski definition) is 8. The Labute approximate surface area is 228 Å². The Morgan fingerprint density at radius 2 is 0.567 bits per heavy atom. The molecule has 0 aliphatic rings. The maximum atomic E-state index is 9.41. The molecule has 18 heteroatoms. The van der Waals surface area contributed by atoms with Crippen LogP contribution in [0, 0.1) is 0 Å². The molecule has 168 valence electrons. The fourth-order valence-corrected chi connectivity index (χ4v) is 0.298. The van der Waals surface area contributed by atoms with Gasteiger partial charge in [0.25, 0.3) is 0 Å². The molecular weight excluding hydrogens is 480 g/mol. The summed E-state index contributed by atoms with van der Waals surface area (Å²) in [5.74, 6) is -6.60. The van der Waals surface area contributed by atoms with Crippen molar-refractivity contribution in [2.75, 3.05) is 26.4 Å². The Balaban J connectivity index is -0.0000000626. The maximum absolute atomic E-state index is 9.41. The van der Waals surface area contributed by atoms with Gasteiger partial charge in [-0.1, -0.05) is 0 Å². The number of rotatable bonds is 8. The first-order valence-corrected chi connectivity index (χ1v) is 6.72. The molecule has 0 aliphatic heterocycles. The Morgan fingerprint density at radius 3 is 0.567 bits per heavy atom. The number of carboxylic acids is 4. The van der Waals surface area contributed by atoms with Gasteiger partial charge in [-0.15, -0.1) is 0 Å². The van der Waals surface area contributed by atoms with Crippen LogP contribution in [0.2, 0.25) is 0 Å². The summed E-state index contributed by atoms with van der Waals surface area (Å²) in [7, 11) is 0. The van der Waals surface area contributed by atoms with Crippen LogP contribution in [0.4, 0.5) is 0 Å². The molecule has 4 atom stereocenters. The third-order valence-electron chi connectivity index (χ3n) is 1.78. The SMILES string of the molecule is O=C([O-])C(O)CO.O=C([O-])C(O)CO.O=C([O-])C(O)CO.O=C([O-])C(O)CO.[Ca+2].[Ca+2]. The van der Waals surface area contributed by atoms with Crippen LogP contribution in [0.5, 0.6) is 0 Å². The number of carboxylic acid groups (broad SMARTS) is 4. The molecule has 0 aromatic carbocycles. The first kappa shape index (κ1) is 43.9. The molecule has 8 N–H and O–H groups in total. The average Bonchev–Trinajstić information content (AvgIpc) is 2.66. The summed E-state index contributed by atoms with van der Waals surface area (Å²) >= 11 is 0. The number of aliphatic hydroxyl groups excluding tert-OH is 8. The maximum Gasteiger partial charge on any atom is 2.00 e. The summed E-state index contributed by atoms with van der Waals surface area (Å²) in [5, 5.41) is 101. The predicted octanol–water partition coefficient (Wildman–Crippen LogP) is -12.4. The van der Waals surface area contributed by atoms with E-state index in [4.69, 9.17) is 40.9 Å². The topological polar surface area (TPSA) is 322 Å². The Bertz CT molecular complexity index is 368. The number of carbonyl (C=O) groups excluding carboxylic acids is 4. The molecule has 0 aromatic rings. The van der Waals surface area contributed by atoms with Gasteiger partial charge in [0.15, 0.2) is 0 Å². The van der Waals surface area contributed by atoms with Gasteiger partial charge in [-0.25, -0.2) is 0 Å². The van der Waals surface area contributed by atoms with Gasteiger partial charge < -0.3 is 80.5 Å². The zero-order valence-electron chi connectivity index (χ0n) is 15.4. The van der Waals surface area contributed by atoms with E-state index in [1.54, 1.807) is 0 Å². The van der Waals surface area contributed by atoms with Gasteiger partial charge >= 0.3 is 75.5 Å². The second kappa shape index (κ2) is 29.1. The van der Waals surface area contributed by atoms with Gasteiger partial charge in [0.2, 0.25) is 0 Å². The van der Waals surface area contributed by atoms with Crippen molar-refractivity contribution < 1.29 is 80.5 Å². The second-order valence-electron chi connectivity index (χ2n) is 4.07. The number of aliphatic carboxylic acids is 4. The molecular formula is C12H20Ca2O16. The molecule has 30 heavy (non-hydrogen) atoms. The van der Waals surface area contributed by atoms with Gasteiger partial charge in [0, 0.05) is 0 Å². The van der Waals surface area contributed by atoms with E-state index in [-0.39, 0.29) is 75.5 Å². The molecule has 0 aromatic heterocycles. The Kier molecular flexibility index (Phi) is 42.5. The van der Waals surface area contributed by atoms with Crippen molar-refractivity contribution in [3.63, 3.8) is 0 Å². The quantitative estimate of drug-likeness (QED) is 0.143. The van der Waals surface area contributed by atoms with Crippen molar-refractivity contribution in [2.45, 2.75) is 24.4 Å². The summed E-state index contributed by atoms with van der Waals surface area (Å²) in [6.07, 6.45) is -6.94. The summed E-state index contributed by atoms with van der Waals surface area (Å²) in [6, 6.07) is 0. The molecule has 16 nitrogen and oxygen atoms in total. The summed E-state index contributed by atoms with van der Waals surface area (Å²) in [6.45, 7) is -3.16. The number of aliphatic hydroxyl groups is 8. The van der Waals surface area contributed by atoms with Gasteiger partial charge in [-0.05, 0) is 0 Å². The van der Waals surface area contributed by atoms with Crippen molar-refractivity contribution >= 4 is 99.4 Å². The van der Waals surface area contributed by atoms with Crippen LogP contribution in [0.3, 0.4) is 0 Å². The molecule has 0 amide bonds. The Hall–Kier alpha value is 0.0795. The molecule has 0 spiro atoms. The minimum absolute atomic E-state index is 0. The molecule has 0 aliphatic carbocycles. The van der Waals surface area contributed by atoms with Gasteiger partial charge in [0.05, 0.1) is 50.3 Å². The van der Waals surface area contributed by atoms with E-state index in [0.29, 0.717) is 0 Å². The molecule has 0 heterocycles. The van der Waals surface area contributed by atoms with Gasteiger partial charge in [0.1, 0.15) is 24.4 Å². The fraction of sp³-hybridized carbons (Fsp3) is 0.667. The zero-order chi connectivity index (χ0) is 23.4. The fourth-order valence-electron chi connectivity index (χ4n) is 0.298. The minimum atomic E-state index is -1.74. The second-order valence-corrected chi connectivity index (χ2v) is 4.07. The van der Waals surface area contributed by atoms with Crippen LogP contribution in [0.15, 0.2) is 0 Å². The standard InChI is InChI=1S/4C3H6O4.2Ca/c4*4-1-2(5)3(6)7;;/h4*2,4-5H,1H2,(H,6,7);;/q;;;;2*+2/p-4. The van der Waals surface area contributed by atoms with Crippen molar-refractivity contribution in [1.29, 1.82) is 0 Å². The van der Waals surface area contributed by atoms with Gasteiger partial charge in [-0.3, -0.25) is 0 Å².